The van der Waals surface area contributed by atoms with Gasteiger partial charge in [0.2, 0.25) is 5.91 Å². The van der Waals surface area contributed by atoms with Crippen molar-refractivity contribution < 1.29 is 23.9 Å². The first-order valence-electron chi connectivity index (χ1n) is 10.8. The van der Waals surface area contributed by atoms with Gasteiger partial charge in [0, 0.05) is 35.0 Å². The van der Waals surface area contributed by atoms with E-state index in [1.165, 1.54) is 0 Å². The molecule has 2 aromatic carbocycles. The van der Waals surface area contributed by atoms with E-state index in [0.717, 1.165) is 16.5 Å². The third-order valence-electron chi connectivity index (χ3n) is 5.36. The number of hydrogen-bond acceptors (Lipinski definition) is 5. The summed E-state index contributed by atoms with van der Waals surface area (Å²) < 4.78 is 11.0. The van der Waals surface area contributed by atoms with Gasteiger partial charge in [-0.05, 0) is 29.8 Å². The summed E-state index contributed by atoms with van der Waals surface area (Å²) in [4.78, 5) is 41.0. The number of carbonyl (C=O) groups is 3. The molecule has 33 heavy (non-hydrogen) atoms. The van der Waals surface area contributed by atoms with E-state index in [1.807, 2.05) is 30.5 Å². The third kappa shape index (κ3) is 5.08. The molecule has 0 fully saturated rings. The molecular formula is C24H26N4O5. The van der Waals surface area contributed by atoms with Gasteiger partial charge in [-0.25, -0.2) is 0 Å². The lowest BCUT2D eigenvalue weighted by atomic mass is 10.0. The number of fused-ring (bicyclic) bond motifs is 2. The van der Waals surface area contributed by atoms with E-state index in [1.54, 1.807) is 32.0 Å². The number of H-pyrrole nitrogens is 1. The fourth-order valence-electron chi connectivity index (χ4n) is 3.53. The Balaban J connectivity index is 1.45. The average Bonchev–Trinajstić information content (AvgIpc) is 3.24. The van der Waals surface area contributed by atoms with E-state index >= 15 is 0 Å². The van der Waals surface area contributed by atoms with Crippen LogP contribution in [-0.4, -0.2) is 42.0 Å². The first-order chi connectivity index (χ1) is 15.9. The summed E-state index contributed by atoms with van der Waals surface area (Å²) in [7, 11) is 0. The van der Waals surface area contributed by atoms with E-state index in [2.05, 4.69) is 21.2 Å². The third-order valence-corrected chi connectivity index (χ3v) is 5.36. The molecule has 4 N–H and O–H groups in total. The monoisotopic (exact) mass is 450 g/mol. The summed E-state index contributed by atoms with van der Waals surface area (Å²) in [6, 6.07) is 11.6. The summed E-state index contributed by atoms with van der Waals surface area (Å²) in [5, 5.41) is 3.74. The largest absolute Gasteiger partial charge is 0.486 e. The molecule has 1 aromatic heterocycles. The molecule has 0 saturated heterocycles. The number of nitrogens with one attached hydrogen (secondary N) is 4. The molecule has 3 aromatic rings. The second-order valence-electron chi connectivity index (χ2n) is 8.08. The van der Waals surface area contributed by atoms with E-state index in [0.29, 0.717) is 30.3 Å². The van der Waals surface area contributed by atoms with Gasteiger partial charge < -0.3 is 19.8 Å². The number of aromatic amines is 1. The molecule has 172 valence electrons. The van der Waals surface area contributed by atoms with Gasteiger partial charge in [-0.1, -0.05) is 32.0 Å². The Labute approximate surface area is 190 Å². The second kappa shape index (κ2) is 9.64. The minimum absolute atomic E-state index is 0.256. The minimum Gasteiger partial charge on any atom is -0.486 e. The van der Waals surface area contributed by atoms with Crippen molar-refractivity contribution in [3.8, 4) is 11.5 Å². The van der Waals surface area contributed by atoms with Gasteiger partial charge in [0.15, 0.2) is 11.5 Å². The van der Waals surface area contributed by atoms with Gasteiger partial charge in [0.1, 0.15) is 19.3 Å². The standard InChI is InChI=1S/C24H26N4O5/c1-14(2)22(29)26-19(11-16-13-25-18-6-4-3-5-17(16)18)24(31)28-27-23(30)15-7-8-20-21(12-15)33-10-9-32-20/h3-8,12-14,19,25H,9-11H2,1-2H3,(H,26,29)(H,27,30)(H,28,31). The minimum atomic E-state index is -0.875. The number of carbonyl (C=O) groups excluding carboxylic acids is 3. The van der Waals surface area contributed by atoms with Gasteiger partial charge in [-0.3, -0.25) is 25.2 Å². The molecule has 0 saturated carbocycles. The number of benzene rings is 2. The fraction of sp³-hybridized carbons (Fsp3) is 0.292. The maximum Gasteiger partial charge on any atom is 0.269 e. The molecule has 0 bridgehead atoms. The summed E-state index contributed by atoms with van der Waals surface area (Å²) in [5.74, 6) is -0.552. The van der Waals surface area contributed by atoms with Crippen LogP contribution in [0.5, 0.6) is 11.5 Å². The van der Waals surface area contributed by atoms with Gasteiger partial charge in [-0.15, -0.1) is 0 Å². The molecular weight excluding hydrogens is 424 g/mol. The smallest absolute Gasteiger partial charge is 0.269 e. The SMILES string of the molecule is CC(C)C(=O)NC(Cc1c[nH]c2ccccc12)C(=O)NNC(=O)c1ccc2c(c1)OCCO2. The van der Waals surface area contributed by atoms with Crippen molar-refractivity contribution in [3.63, 3.8) is 0 Å². The molecule has 0 aliphatic carbocycles. The average molecular weight is 450 g/mol. The lowest BCUT2D eigenvalue weighted by Gasteiger charge is -2.20. The van der Waals surface area contributed by atoms with Crippen LogP contribution < -0.4 is 25.6 Å². The molecule has 1 unspecified atom stereocenters. The quantitative estimate of drug-likeness (QED) is 0.429. The van der Waals surface area contributed by atoms with Gasteiger partial charge in [-0.2, -0.15) is 0 Å². The number of hydrazine groups is 1. The molecule has 0 spiro atoms. The molecule has 1 aliphatic heterocycles. The van der Waals surface area contributed by atoms with Crippen LogP contribution in [0.25, 0.3) is 10.9 Å². The highest BCUT2D eigenvalue weighted by molar-refractivity contribution is 5.97. The predicted molar refractivity (Wildman–Crippen MR) is 122 cm³/mol. The fourth-order valence-corrected chi connectivity index (χ4v) is 3.53. The number of rotatable bonds is 6. The Bertz CT molecular complexity index is 1190. The highest BCUT2D eigenvalue weighted by atomic mass is 16.6. The Kier molecular flexibility index (Phi) is 6.48. The maximum atomic E-state index is 12.9. The Morgan fingerprint density at radius 3 is 2.52 bits per heavy atom. The van der Waals surface area contributed by atoms with Crippen molar-refractivity contribution in [1.82, 2.24) is 21.2 Å². The lowest BCUT2D eigenvalue weighted by Crippen LogP contribution is -2.53. The number of para-hydroxylation sites is 1. The summed E-state index contributed by atoms with van der Waals surface area (Å²) in [6.45, 7) is 4.35. The summed E-state index contributed by atoms with van der Waals surface area (Å²) >= 11 is 0. The molecule has 9 nitrogen and oxygen atoms in total. The normalized spacial score (nSPS) is 13.4. The molecule has 0 radical (unpaired) electrons. The highest BCUT2D eigenvalue weighted by Gasteiger charge is 2.24. The summed E-state index contributed by atoms with van der Waals surface area (Å²) in [6.07, 6.45) is 2.08. The van der Waals surface area contributed by atoms with Gasteiger partial charge in [0.05, 0.1) is 0 Å². The van der Waals surface area contributed by atoms with Crippen molar-refractivity contribution in [3.05, 3.63) is 59.8 Å². The van der Waals surface area contributed by atoms with Crippen LogP contribution in [0.1, 0.15) is 29.8 Å². The topological polar surface area (TPSA) is 122 Å². The Hall–Kier alpha value is -4.01. The maximum absolute atomic E-state index is 12.9. The number of amides is 3. The Morgan fingerprint density at radius 2 is 1.73 bits per heavy atom. The van der Waals surface area contributed by atoms with Gasteiger partial charge in [0.25, 0.3) is 11.8 Å². The molecule has 3 amide bonds. The molecule has 9 heteroatoms. The van der Waals surface area contributed by atoms with Crippen molar-refractivity contribution in [2.45, 2.75) is 26.3 Å². The van der Waals surface area contributed by atoms with Crippen molar-refractivity contribution in [2.75, 3.05) is 13.2 Å². The summed E-state index contributed by atoms with van der Waals surface area (Å²) in [5.41, 5.74) is 6.97. The van der Waals surface area contributed by atoms with Crippen LogP contribution in [-0.2, 0) is 16.0 Å². The molecule has 1 atom stereocenters. The highest BCUT2D eigenvalue weighted by Crippen LogP contribution is 2.30. The van der Waals surface area contributed by atoms with E-state index in [9.17, 15) is 14.4 Å². The lowest BCUT2D eigenvalue weighted by molar-refractivity contribution is -0.130. The van der Waals surface area contributed by atoms with Crippen molar-refractivity contribution in [2.24, 2.45) is 5.92 Å². The number of ether oxygens (including phenoxy) is 2. The molecule has 2 heterocycles. The van der Waals surface area contributed by atoms with Crippen LogP contribution in [0.3, 0.4) is 0 Å². The zero-order valence-electron chi connectivity index (χ0n) is 18.4. The van der Waals surface area contributed by atoms with Crippen LogP contribution in [0.15, 0.2) is 48.7 Å². The first-order valence-corrected chi connectivity index (χ1v) is 10.8. The van der Waals surface area contributed by atoms with E-state index in [4.69, 9.17) is 9.47 Å². The zero-order valence-corrected chi connectivity index (χ0v) is 18.4. The van der Waals surface area contributed by atoms with Crippen LogP contribution in [0.4, 0.5) is 0 Å². The van der Waals surface area contributed by atoms with E-state index < -0.39 is 17.9 Å². The zero-order chi connectivity index (χ0) is 23.4. The van der Waals surface area contributed by atoms with Crippen LogP contribution in [0, 0.1) is 5.92 Å². The van der Waals surface area contributed by atoms with Crippen molar-refractivity contribution in [1.29, 1.82) is 0 Å². The second-order valence-corrected chi connectivity index (χ2v) is 8.08. The molecule has 1 aliphatic rings. The van der Waals surface area contributed by atoms with Gasteiger partial charge >= 0.3 is 0 Å². The Morgan fingerprint density at radius 1 is 0.970 bits per heavy atom. The number of aromatic nitrogens is 1. The first kappa shape index (κ1) is 22.2. The number of hydrogen-bond donors (Lipinski definition) is 4. The molecule has 4 rings (SSSR count). The van der Waals surface area contributed by atoms with E-state index in [-0.39, 0.29) is 18.2 Å². The van der Waals surface area contributed by atoms with Crippen LogP contribution in [0.2, 0.25) is 0 Å². The predicted octanol–water partition coefficient (Wildman–Crippen LogP) is 2.08. The van der Waals surface area contributed by atoms with Crippen LogP contribution >= 0.6 is 0 Å². The van der Waals surface area contributed by atoms with Crippen molar-refractivity contribution >= 4 is 28.6 Å².